The maximum absolute atomic E-state index is 13.0. The van der Waals surface area contributed by atoms with Crippen molar-refractivity contribution in [3.8, 4) is 5.75 Å². The number of hydrogen-bond donors (Lipinski definition) is 0. The Labute approximate surface area is 82.2 Å². The summed E-state index contributed by atoms with van der Waals surface area (Å²) in [6.45, 7) is 1.39. The molecule has 0 unspecified atom stereocenters. The third kappa shape index (κ3) is 2.51. The Bertz CT molecular complexity index is 348. The van der Waals surface area contributed by atoms with Crippen molar-refractivity contribution in [2.75, 3.05) is 0 Å². The quantitative estimate of drug-likeness (QED) is 0.666. The van der Waals surface area contributed by atoms with Gasteiger partial charge in [-0.15, -0.1) is 13.2 Å². The fraction of sp³-hybridized carbons (Fsp3) is 0.250. The molecule has 1 aromatic carbocycles. The lowest BCUT2D eigenvalue weighted by atomic mass is 10.2. The summed E-state index contributed by atoms with van der Waals surface area (Å²) in [5.74, 6) is -1.64. The van der Waals surface area contributed by atoms with Gasteiger partial charge in [0, 0.05) is 0 Å². The Hall–Kier alpha value is -0.970. The Balaban J connectivity index is 3.06. The molecule has 0 heterocycles. The normalized spacial score (nSPS) is 11.6. The zero-order valence-electron chi connectivity index (χ0n) is 6.95. The van der Waals surface area contributed by atoms with Crippen molar-refractivity contribution >= 4 is 11.6 Å². The molecule has 0 saturated heterocycles. The molecular weight excluding hydrogens is 224 g/mol. The number of aryl methyl sites for hydroxylation is 1. The van der Waals surface area contributed by atoms with Crippen molar-refractivity contribution in [3.63, 3.8) is 0 Å². The Morgan fingerprint density at radius 2 is 1.86 bits per heavy atom. The van der Waals surface area contributed by atoms with Crippen LogP contribution >= 0.6 is 11.6 Å². The molecule has 0 saturated carbocycles. The van der Waals surface area contributed by atoms with E-state index < -0.39 is 23.0 Å². The molecule has 0 aliphatic rings. The van der Waals surface area contributed by atoms with Gasteiger partial charge < -0.3 is 4.74 Å². The summed E-state index contributed by atoms with van der Waals surface area (Å²) in [4.78, 5) is 0. The van der Waals surface area contributed by atoms with Crippen LogP contribution in [-0.4, -0.2) is 6.36 Å². The Morgan fingerprint density at radius 3 is 2.36 bits per heavy atom. The van der Waals surface area contributed by atoms with Crippen molar-refractivity contribution in [1.82, 2.24) is 0 Å². The fourth-order valence-electron chi connectivity index (χ4n) is 0.832. The zero-order chi connectivity index (χ0) is 10.9. The van der Waals surface area contributed by atoms with Crippen LogP contribution in [-0.2, 0) is 0 Å². The third-order valence-electron chi connectivity index (χ3n) is 1.47. The molecule has 0 aliphatic carbocycles. The second-order valence-corrected chi connectivity index (χ2v) is 2.93. The van der Waals surface area contributed by atoms with Crippen LogP contribution in [0, 0.1) is 12.7 Å². The molecular formula is C8H5ClF4O. The van der Waals surface area contributed by atoms with Crippen LogP contribution in [0.1, 0.15) is 5.56 Å². The topological polar surface area (TPSA) is 9.23 Å². The maximum atomic E-state index is 13.0. The second kappa shape index (κ2) is 3.65. The van der Waals surface area contributed by atoms with Gasteiger partial charge in [0.05, 0.1) is 0 Å². The summed E-state index contributed by atoms with van der Waals surface area (Å²) in [5.41, 5.74) is 0.157. The highest BCUT2D eigenvalue weighted by molar-refractivity contribution is 6.32. The molecule has 0 aromatic heterocycles. The molecule has 1 rings (SSSR count). The highest BCUT2D eigenvalue weighted by atomic mass is 35.5. The van der Waals surface area contributed by atoms with Gasteiger partial charge in [0.25, 0.3) is 0 Å². The van der Waals surface area contributed by atoms with E-state index in [1.54, 1.807) is 0 Å². The van der Waals surface area contributed by atoms with Crippen LogP contribution < -0.4 is 4.74 Å². The summed E-state index contributed by atoms with van der Waals surface area (Å²) in [6, 6.07) is 2.12. The predicted octanol–water partition coefficient (Wildman–Crippen LogP) is 3.69. The van der Waals surface area contributed by atoms with Gasteiger partial charge in [-0.25, -0.2) is 4.39 Å². The van der Waals surface area contributed by atoms with E-state index in [2.05, 4.69) is 4.74 Å². The fourth-order valence-corrected chi connectivity index (χ4v) is 1.08. The maximum Gasteiger partial charge on any atom is 0.573 e. The van der Waals surface area contributed by atoms with Crippen LogP contribution in [0.25, 0.3) is 0 Å². The number of halogens is 5. The summed E-state index contributed by atoms with van der Waals surface area (Å²) in [6.07, 6.45) is -4.87. The van der Waals surface area contributed by atoms with Gasteiger partial charge in [0.15, 0.2) is 5.75 Å². The monoisotopic (exact) mass is 228 g/mol. The average Bonchev–Trinajstić information content (AvgIpc) is 2.04. The summed E-state index contributed by atoms with van der Waals surface area (Å²) in [7, 11) is 0. The molecule has 14 heavy (non-hydrogen) atoms. The molecule has 0 aliphatic heterocycles. The first-order valence-corrected chi connectivity index (χ1v) is 3.89. The standard InChI is InChI=1S/C8H5ClF4O/c1-4-2-3-5(6(9)7(4)10)14-8(11,12)13/h2-3H,1H3. The first-order valence-electron chi connectivity index (χ1n) is 3.51. The third-order valence-corrected chi connectivity index (χ3v) is 1.82. The van der Waals surface area contributed by atoms with E-state index in [9.17, 15) is 17.6 Å². The first-order chi connectivity index (χ1) is 6.31. The van der Waals surface area contributed by atoms with Crippen molar-refractivity contribution in [2.45, 2.75) is 13.3 Å². The molecule has 6 heteroatoms. The molecule has 0 radical (unpaired) electrons. The summed E-state index contributed by atoms with van der Waals surface area (Å²) >= 11 is 5.30. The van der Waals surface area contributed by atoms with Crippen LogP contribution in [0.3, 0.4) is 0 Å². The first kappa shape index (κ1) is 11.1. The lowest BCUT2D eigenvalue weighted by Gasteiger charge is -2.11. The van der Waals surface area contributed by atoms with E-state index in [0.717, 1.165) is 12.1 Å². The molecule has 78 valence electrons. The van der Waals surface area contributed by atoms with Crippen LogP contribution in [0.5, 0.6) is 5.75 Å². The molecule has 0 spiro atoms. The van der Waals surface area contributed by atoms with Crippen LogP contribution in [0.4, 0.5) is 17.6 Å². The highest BCUT2D eigenvalue weighted by Crippen LogP contribution is 2.33. The van der Waals surface area contributed by atoms with E-state index >= 15 is 0 Å². The van der Waals surface area contributed by atoms with Gasteiger partial charge in [0.1, 0.15) is 10.8 Å². The molecule has 0 atom stereocenters. The largest absolute Gasteiger partial charge is 0.573 e. The van der Waals surface area contributed by atoms with Crippen LogP contribution in [0.2, 0.25) is 5.02 Å². The van der Waals surface area contributed by atoms with Gasteiger partial charge in [0.2, 0.25) is 0 Å². The SMILES string of the molecule is Cc1ccc(OC(F)(F)F)c(Cl)c1F. The molecule has 1 aromatic rings. The minimum Gasteiger partial charge on any atom is -0.404 e. The number of rotatable bonds is 1. The Morgan fingerprint density at radius 1 is 1.29 bits per heavy atom. The number of alkyl halides is 3. The number of hydrogen-bond acceptors (Lipinski definition) is 1. The van der Waals surface area contributed by atoms with Gasteiger partial charge in [-0.2, -0.15) is 0 Å². The Kier molecular flexibility index (Phi) is 2.89. The van der Waals surface area contributed by atoms with Gasteiger partial charge in [-0.3, -0.25) is 0 Å². The number of benzene rings is 1. The van der Waals surface area contributed by atoms with E-state index in [-0.39, 0.29) is 5.56 Å². The molecule has 0 bridgehead atoms. The minimum atomic E-state index is -4.87. The van der Waals surface area contributed by atoms with Gasteiger partial charge in [-0.1, -0.05) is 17.7 Å². The van der Waals surface area contributed by atoms with Gasteiger partial charge in [-0.05, 0) is 18.6 Å². The molecule has 1 nitrogen and oxygen atoms in total. The summed E-state index contributed by atoms with van der Waals surface area (Å²) in [5, 5.41) is -0.665. The van der Waals surface area contributed by atoms with Gasteiger partial charge >= 0.3 is 6.36 Å². The molecule has 0 fully saturated rings. The molecule has 0 amide bonds. The van der Waals surface area contributed by atoms with Crippen molar-refractivity contribution in [1.29, 1.82) is 0 Å². The van der Waals surface area contributed by atoms with Crippen LogP contribution in [0.15, 0.2) is 12.1 Å². The van der Waals surface area contributed by atoms with Crippen molar-refractivity contribution in [2.24, 2.45) is 0 Å². The zero-order valence-corrected chi connectivity index (χ0v) is 7.71. The lowest BCUT2D eigenvalue weighted by Crippen LogP contribution is -2.17. The highest BCUT2D eigenvalue weighted by Gasteiger charge is 2.32. The van der Waals surface area contributed by atoms with E-state index in [4.69, 9.17) is 11.6 Å². The second-order valence-electron chi connectivity index (χ2n) is 2.56. The lowest BCUT2D eigenvalue weighted by molar-refractivity contribution is -0.274. The van der Waals surface area contributed by atoms with Crippen molar-refractivity contribution < 1.29 is 22.3 Å². The van der Waals surface area contributed by atoms with E-state index in [1.165, 1.54) is 6.92 Å². The number of ether oxygens (including phenoxy) is 1. The van der Waals surface area contributed by atoms with E-state index in [0.29, 0.717) is 0 Å². The predicted molar refractivity (Wildman–Crippen MR) is 42.8 cm³/mol. The average molecular weight is 229 g/mol. The summed E-state index contributed by atoms with van der Waals surface area (Å²) < 4.78 is 51.7. The minimum absolute atomic E-state index is 0.157. The van der Waals surface area contributed by atoms with Crippen molar-refractivity contribution in [3.05, 3.63) is 28.5 Å². The smallest absolute Gasteiger partial charge is 0.404 e. The van der Waals surface area contributed by atoms with E-state index in [1.807, 2.05) is 0 Å². The molecule has 0 N–H and O–H groups in total.